The van der Waals surface area contributed by atoms with Crippen molar-refractivity contribution in [3.63, 3.8) is 0 Å². The molecule has 0 spiro atoms. The molecule has 2 unspecified atom stereocenters. The summed E-state index contributed by atoms with van der Waals surface area (Å²) in [5.74, 6) is -1.07. The van der Waals surface area contributed by atoms with E-state index in [1.807, 2.05) is 49.4 Å². The summed E-state index contributed by atoms with van der Waals surface area (Å²) in [5, 5.41) is 0. The SMILES string of the molecule is C=C(C)C(=O)Oc1ccc(-c2ccc(-c3ccc4c(c3)C(OC(=O)C(=C)C)C(OC(=O)C(=C)C)C4)cc2C)cc1. The van der Waals surface area contributed by atoms with Gasteiger partial charge in [-0.3, -0.25) is 0 Å². The lowest BCUT2D eigenvalue weighted by Crippen LogP contribution is -2.26. The number of carbonyl (C=O) groups is 3. The molecular formula is C34H32O6. The van der Waals surface area contributed by atoms with Gasteiger partial charge in [0.1, 0.15) is 11.9 Å². The predicted molar refractivity (Wildman–Crippen MR) is 155 cm³/mol. The summed E-state index contributed by atoms with van der Waals surface area (Å²) < 4.78 is 16.7. The molecule has 0 heterocycles. The van der Waals surface area contributed by atoms with Gasteiger partial charge >= 0.3 is 17.9 Å². The van der Waals surface area contributed by atoms with E-state index in [4.69, 9.17) is 14.2 Å². The first kappa shape index (κ1) is 28.3. The fraction of sp³-hybridized carbons (Fsp3) is 0.206. The maximum atomic E-state index is 12.4. The van der Waals surface area contributed by atoms with Crippen molar-refractivity contribution in [2.45, 2.75) is 46.3 Å². The molecule has 0 N–H and O–H groups in total. The minimum absolute atomic E-state index is 0.266. The zero-order chi connectivity index (χ0) is 29.1. The van der Waals surface area contributed by atoms with Crippen LogP contribution < -0.4 is 4.74 Å². The van der Waals surface area contributed by atoms with Gasteiger partial charge in [-0.05, 0) is 79.3 Å². The first-order valence-electron chi connectivity index (χ1n) is 12.9. The minimum Gasteiger partial charge on any atom is -0.454 e. The molecular weight excluding hydrogens is 504 g/mol. The number of fused-ring (bicyclic) bond motifs is 1. The van der Waals surface area contributed by atoms with Crippen LogP contribution in [-0.2, 0) is 30.3 Å². The third-order valence-corrected chi connectivity index (χ3v) is 6.68. The summed E-state index contributed by atoms with van der Waals surface area (Å²) >= 11 is 0. The van der Waals surface area contributed by atoms with Gasteiger partial charge in [0.05, 0.1) is 0 Å². The second-order valence-electron chi connectivity index (χ2n) is 10.2. The Morgan fingerprint density at radius 3 is 1.85 bits per heavy atom. The van der Waals surface area contributed by atoms with Crippen LogP contribution in [0.3, 0.4) is 0 Å². The highest BCUT2D eigenvalue weighted by molar-refractivity contribution is 5.89. The second-order valence-corrected chi connectivity index (χ2v) is 10.2. The molecule has 3 aromatic carbocycles. The third kappa shape index (κ3) is 6.12. The number of benzene rings is 3. The lowest BCUT2D eigenvalue weighted by Gasteiger charge is -2.21. The van der Waals surface area contributed by atoms with Crippen molar-refractivity contribution in [1.29, 1.82) is 0 Å². The summed E-state index contributed by atoms with van der Waals surface area (Å²) in [5.41, 5.74) is 7.65. The van der Waals surface area contributed by atoms with Crippen molar-refractivity contribution >= 4 is 17.9 Å². The number of esters is 3. The normalized spacial score (nSPS) is 15.5. The Hall–Kier alpha value is -4.71. The van der Waals surface area contributed by atoms with Gasteiger partial charge in [0, 0.05) is 28.7 Å². The van der Waals surface area contributed by atoms with E-state index in [0.29, 0.717) is 17.7 Å². The highest BCUT2D eigenvalue weighted by Crippen LogP contribution is 2.40. The monoisotopic (exact) mass is 536 g/mol. The zero-order valence-corrected chi connectivity index (χ0v) is 23.2. The maximum absolute atomic E-state index is 12.4. The quantitative estimate of drug-likeness (QED) is 0.175. The molecule has 3 aromatic rings. The lowest BCUT2D eigenvalue weighted by atomic mass is 9.94. The second kappa shape index (κ2) is 11.6. The summed E-state index contributed by atoms with van der Waals surface area (Å²) in [6, 6.07) is 19.5. The van der Waals surface area contributed by atoms with E-state index < -0.39 is 30.1 Å². The molecule has 0 amide bonds. The molecule has 0 bridgehead atoms. The smallest absolute Gasteiger partial charge is 0.338 e. The van der Waals surface area contributed by atoms with Crippen molar-refractivity contribution in [2.75, 3.05) is 0 Å². The van der Waals surface area contributed by atoms with Crippen LogP contribution in [0.2, 0.25) is 0 Å². The van der Waals surface area contributed by atoms with Crippen molar-refractivity contribution in [1.82, 2.24) is 0 Å². The Labute approximate surface area is 234 Å². The molecule has 204 valence electrons. The highest BCUT2D eigenvalue weighted by Gasteiger charge is 2.38. The average molecular weight is 537 g/mol. The third-order valence-electron chi connectivity index (χ3n) is 6.68. The van der Waals surface area contributed by atoms with Crippen molar-refractivity contribution in [2.24, 2.45) is 0 Å². The Bertz CT molecular complexity index is 1540. The van der Waals surface area contributed by atoms with Crippen molar-refractivity contribution in [3.8, 4) is 28.0 Å². The number of hydrogen-bond acceptors (Lipinski definition) is 6. The van der Waals surface area contributed by atoms with Crippen LogP contribution in [0.5, 0.6) is 5.75 Å². The van der Waals surface area contributed by atoms with E-state index in [0.717, 1.165) is 38.9 Å². The van der Waals surface area contributed by atoms with Crippen LogP contribution in [0.15, 0.2) is 97.1 Å². The minimum atomic E-state index is -0.750. The van der Waals surface area contributed by atoms with Gasteiger partial charge < -0.3 is 14.2 Å². The predicted octanol–water partition coefficient (Wildman–Crippen LogP) is 7.01. The molecule has 6 nitrogen and oxygen atoms in total. The molecule has 40 heavy (non-hydrogen) atoms. The van der Waals surface area contributed by atoms with Crippen LogP contribution >= 0.6 is 0 Å². The van der Waals surface area contributed by atoms with E-state index >= 15 is 0 Å². The molecule has 4 rings (SSSR count). The molecule has 0 saturated heterocycles. The van der Waals surface area contributed by atoms with Gasteiger partial charge in [0.25, 0.3) is 0 Å². The molecule has 6 heteroatoms. The van der Waals surface area contributed by atoms with E-state index in [-0.39, 0.29) is 11.1 Å². The summed E-state index contributed by atoms with van der Waals surface area (Å²) in [6.45, 7) is 17.7. The van der Waals surface area contributed by atoms with E-state index in [9.17, 15) is 14.4 Å². The Morgan fingerprint density at radius 1 is 0.700 bits per heavy atom. The molecule has 0 aliphatic heterocycles. The summed E-state index contributed by atoms with van der Waals surface area (Å²) in [4.78, 5) is 36.5. The van der Waals surface area contributed by atoms with Gasteiger partial charge in [0.15, 0.2) is 6.10 Å². The Balaban J connectivity index is 1.61. The Morgan fingerprint density at radius 2 is 1.25 bits per heavy atom. The standard InChI is InChI=1S/C34H32O6/c1-19(2)32(35)38-27-13-10-23(11-14-27)28-15-12-24(16-22(28)7)25-8-9-26-18-30(39-33(36)20(3)4)31(29(26)17-25)40-34(37)21(5)6/h8-17,30-31H,1,3,5,18H2,2,4,6-7H3. The van der Waals surface area contributed by atoms with Gasteiger partial charge in [-0.2, -0.15) is 0 Å². The molecule has 1 aliphatic rings. The zero-order valence-electron chi connectivity index (χ0n) is 23.2. The van der Waals surface area contributed by atoms with Gasteiger partial charge in [-0.1, -0.05) is 62.2 Å². The van der Waals surface area contributed by atoms with Crippen LogP contribution in [0.4, 0.5) is 0 Å². The van der Waals surface area contributed by atoms with Crippen LogP contribution in [-0.4, -0.2) is 24.0 Å². The maximum Gasteiger partial charge on any atom is 0.338 e. The number of hydrogen-bond donors (Lipinski definition) is 0. The number of rotatable bonds is 8. The number of aryl methyl sites for hydroxylation is 1. The highest BCUT2D eigenvalue weighted by atomic mass is 16.6. The number of carbonyl (C=O) groups excluding carboxylic acids is 3. The van der Waals surface area contributed by atoms with Gasteiger partial charge in [0.2, 0.25) is 0 Å². The largest absolute Gasteiger partial charge is 0.454 e. The molecule has 0 radical (unpaired) electrons. The van der Waals surface area contributed by atoms with E-state index in [1.54, 1.807) is 32.9 Å². The first-order chi connectivity index (χ1) is 18.9. The first-order valence-corrected chi connectivity index (χ1v) is 12.9. The lowest BCUT2D eigenvalue weighted by molar-refractivity contribution is -0.161. The molecule has 2 atom stereocenters. The van der Waals surface area contributed by atoms with Gasteiger partial charge in [-0.15, -0.1) is 0 Å². The summed E-state index contributed by atoms with van der Waals surface area (Å²) in [7, 11) is 0. The Kier molecular flexibility index (Phi) is 8.19. The van der Waals surface area contributed by atoms with Crippen LogP contribution in [0, 0.1) is 6.92 Å². The number of ether oxygens (including phenoxy) is 3. The fourth-order valence-corrected chi connectivity index (χ4v) is 4.51. The van der Waals surface area contributed by atoms with Gasteiger partial charge in [-0.25, -0.2) is 14.4 Å². The van der Waals surface area contributed by atoms with Crippen molar-refractivity contribution < 1.29 is 28.6 Å². The molecule has 0 saturated carbocycles. The summed E-state index contributed by atoms with van der Waals surface area (Å²) in [6.07, 6.45) is -0.974. The molecule has 1 aliphatic carbocycles. The molecule has 0 aromatic heterocycles. The average Bonchev–Trinajstić information content (AvgIpc) is 3.24. The van der Waals surface area contributed by atoms with E-state index in [2.05, 4.69) is 25.8 Å². The van der Waals surface area contributed by atoms with Crippen molar-refractivity contribution in [3.05, 3.63) is 114 Å². The topological polar surface area (TPSA) is 78.9 Å². The fourth-order valence-electron chi connectivity index (χ4n) is 4.51. The van der Waals surface area contributed by atoms with E-state index in [1.165, 1.54) is 0 Å². The van der Waals surface area contributed by atoms with Crippen LogP contribution in [0.25, 0.3) is 22.3 Å². The van der Waals surface area contributed by atoms with Crippen LogP contribution in [0.1, 0.15) is 43.6 Å². The molecule has 0 fully saturated rings.